The molecule has 22 heavy (non-hydrogen) atoms. The van der Waals surface area contributed by atoms with E-state index in [9.17, 15) is 14.4 Å². The van der Waals surface area contributed by atoms with Crippen molar-refractivity contribution in [3.8, 4) is 0 Å². The Morgan fingerprint density at radius 1 is 1.27 bits per heavy atom. The lowest BCUT2D eigenvalue weighted by Crippen LogP contribution is -2.70. The number of carbonyl (C=O) groups excluding carboxylic acids is 2. The van der Waals surface area contributed by atoms with Gasteiger partial charge in [-0.25, -0.2) is 0 Å². The molecule has 1 saturated carbocycles. The normalized spacial score (nSPS) is 29.4. The second-order valence-electron chi connectivity index (χ2n) is 5.88. The van der Waals surface area contributed by atoms with Gasteiger partial charge in [0.25, 0.3) is 5.91 Å². The Kier molecular flexibility index (Phi) is 3.74. The van der Waals surface area contributed by atoms with E-state index in [1.165, 1.54) is 29.8 Å². The van der Waals surface area contributed by atoms with Gasteiger partial charge in [-0.2, -0.15) is 0 Å². The van der Waals surface area contributed by atoms with Gasteiger partial charge < -0.3 is 19.9 Å². The molecule has 2 N–H and O–H groups in total. The van der Waals surface area contributed by atoms with Crippen LogP contribution in [0.3, 0.4) is 0 Å². The summed E-state index contributed by atoms with van der Waals surface area (Å²) < 4.78 is 6.97. The van der Waals surface area contributed by atoms with Crippen molar-refractivity contribution in [3.05, 3.63) is 34.2 Å². The van der Waals surface area contributed by atoms with Crippen LogP contribution in [0.1, 0.15) is 23.7 Å². The average molecular weight is 305 g/mol. The third kappa shape index (κ3) is 2.52. The molecular weight excluding hydrogens is 286 g/mol. The van der Waals surface area contributed by atoms with Crippen molar-refractivity contribution in [1.29, 1.82) is 0 Å². The number of pyridine rings is 1. The van der Waals surface area contributed by atoms with Gasteiger partial charge in [0.1, 0.15) is 0 Å². The van der Waals surface area contributed by atoms with Crippen LogP contribution in [0.2, 0.25) is 0 Å². The molecular formula is C15H19N3O4. The van der Waals surface area contributed by atoms with E-state index in [-0.39, 0.29) is 41.5 Å². The molecule has 1 aromatic rings. The highest BCUT2D eigenvalue weighted by molar-refractivity contribution is 5.94. The number of fused-ring (bicyclic) bond motifs is 1. The minimum atomic E-state index is -0.249. The molecule has 7 nitrogen and oxygen atoms in total. The Labute approximate surface area is 127 Å². The van der Waals surface area contributed by atoms with E-state index < -0.39 is 0 Å². The number of nitrogens with zero attached hydrogens (tertiary/aromatic N) is 1. The maximum Gasteiger partial charge on any atom is 0.253 e. The van der Waals surface area contributed by atoms with Gasteiger partial charge >= 0.3 is 0 Å². The molecule has 0 aromatic carbocycles. The van der Waals surface area contributed by atoms with Crippen molar-refractivity contribution in [2.75, 3.05) is 6.61 Å². The summed E-state index contributed by atoms with van der Waals surface area (Å²) in [7, 11) is 1.60. The first-order valence-corrected chi connectivity index (χ1v) is 7.33. The first kappa shape index (κ1) is 14.8. The van der Waals surface area contributed by atoms with Crippen LogP contribution in [0, 0.1) is 5.92 Å². The number of carbonyl (C=O) groups is 2. The lowest BCUT2D eigenvalue weighted by atomic mass is 9.71. The molecule has 4 atom stereocenters. The van der Waals surface area contributed by atoms with Crippen molar-refractivity contribution in [1.82, 2.24) is 15.2 Å². The molecule has 1 aliphatic carbocycles. The summed E-state index contributed by atoms with van der Waals surface area (Å²) >= 11 is 0. The first-order valence-electron chi connectivity index (χ1n) is 7.33. The Morgan fingerprint density at radius 2 is 2.05 bits per heavy atom. The van der Waals surface area contributed by atoms with E-state index in [4.69, 9.17) is 4.74 Å². The van der Waals surface area contributed by atoms with Gasteiger partial charge in [0.2, 0.25) is 11.5 Å². The average Bonchev–Trinajstić information content (AvgIpc) is 2.89. The van der Waals surface area contributed by atoms with Crippen LogP contribution in [-0.4, -0.2) is 41.2 Å². The second kappa shape index (κ2) is 5.57. The number of hydrogen-bond donors (Lipinski definition) is 2. The van der Waals surface area contributed by atoms with Crippen molar-refractivity contribution in [2.45, 2.75) is 31.5 Å². The molecule has 0 bridgehead atoms. The zero-order chi connectivity index (χ0) is 15.9. The zero-order valence-electron chi connectivity index (χ0n) is 12.5. The number of nitrogens with one attached hydrogen (secondary N) is 2. The number of hydrogen-bond acceptors (Lipinski definition) is 4. The third-order valence-corrected chi connectivity index (χ3v) is 4.40. The molecule has 7 heteroatoms. The topological polar surface area (TPSA) is 89.4 Å². The van der Waals surface area contributed by atoms with Crippen molar-refractivity contribution in [2.24, 2.45) is 13.0 Å². The Morgan fingerprint density at radius 3 is 2.73 bits per heavy atom. The molecule has 2 fully saturated rings. The van der Waals surface area contributed by atoms with E-state index in [0.717, 1.165) is 6.42 Å². The highest BCUT2D eigenvalue weighted by atomic mass is 16.5. The van der Waals surface area contributed by atoms with E-state index in [2.05, 4.69) is 10.6 Å². The molecule has 0 unspecified atom stereocenters. The van der Waals surface area contributed by atoms with Crippen molar-refractivity contribution >= 4 is 11.8 Å². The number of aromatic nitrogens is 1. The molecule has 118 valence electrons. The lowest BCUT2D eigenvalue weighted by Gasteiger charge is -2.47. The molecule has 1 saturated heterocycles. The standard InChI is InChI=1S/C15H19N3O4/c1-8(19)16-13-12(10-5-6-22-14(10)13)17-15(21)9-3-4-11(20)18(2)7-9/h3-4,7,10,12-14H,5-6H2,1-2H3,(H,16,19)(H,17,21)/t10-,12+,13-,14-/m1/s1. The summed E-state index contributed by atoms with van der Waals surface area (Å²) in [4.78, 5) is 35.0. The summed E-state index contributed by atoms with van der Waals surface area (Å²) in [5, 5.41) is 5.80. The summed E-state index contributed by atoms with van der Waals surface area (Å²) in [6, 6.07) is 2.54. The maximum absolute atomic E-state index is 12.4. The van der Waals surface area contributed by atoms with Crippen LogP contribution in [0.25, 0.3) is 0 Å². The summed E-state index contributed by atoms with van der Waals surface area (Å²) in [5.41, 5.74) is 0.256. The van der Waals surface area contributed by atoms with Gasteiger partial charge in [-0.1, -0.05) is 0 Å². The predicted octanol–water partition coefficient (Wildman–Crippen LogP) is -0.593. The molecule has 2 heterocycles. The van der Waals surface area contributed by atoms with E-state index in [1.54, 1.807) is 7.05 Å². The molecule has 2 aliphatic rings. The zero-order valence-corrected chi connectivity index (χ0v) is 12.5. The second-order valence-corrected chi connectivity index (χ2v) is 5.88. The number of ether oxygens (including phenoxy) is 1. The number of rotatable bonds is 3. The molecule has 2 amide bonds. The van der Waals surface area contributed by atoms with Crippen molar-refractivity contribution < 1.29 is 14.3 Å². The lowest BCUT2D eigenvalue weighted by molar-refractivity contribution is -0.123. The van der Waals surface area contributed by atoms with Crippen molar-refractivity contribution in [3.63, 3.8) is 0 Å². The monoisotopic (exact) mass is 305 g/mol. The Hall–Kier alpha value is -2.15. The molecule has 0 radical (unpaired) electrons. The minimum absolute atomic E-state index is 0.0191. The van der Waals surface area contributed by atoms with Crippen LogP contribution in [0.5, 0.6) is 0 Å². The van der Waals surface area contributed by atoms with Crippen LogP contribution < -0.4 is 16.2 Å². The largest absolute Gasteiger partial charge is 0.376 e. The minimum Gasteiger partial charge on any atom is -0.376 e. The van der Waals surface area contributed by atoms with Gasteiger partial charge in [0.05, 0.1) is 23.8 Å². The van der Waals surface area contributed by atoms with Gasteiger partial charge in [0.15, 0.2) is 0 Å². The van der Waals surface area contributed by atoms with Crippen LogP contribution in [-0.2, 0) is 16.6 Å². The summed E-state index contributed by atoms with van der Waals surface area (Å²) in [6.45, 7) is 2.10. The molecule has 3 rings (SSSR count). The Balaban J connectivity index is 1.73. The fraction of sp³-hybridized carbons (Fsp3) is 0.533. The molecule has 0 spiro atoms. The number of aryl methyl sites for hydroxylation is 1. The van der Waals surface area contributed by atoms with Crippen LogP contribution in [0.4, 0.5) is 0 Å². The predicted molar refractivity (Wildman–Crippen MR) is 78.4 cm³/mol. The van der Waals surface area contributed by atoms with Gasteiger partial charge in [-0.15, -0.1) is 0 Å². The van der Waals surface area contributed by atoms with Gasteiger partial charge in [-0.05, 0) is 12.5 Å². The van der Waals surface area contributed by atoms with E-state index in [0.29, 0.717) is 12.2 Å². The quantitative estimate of drug-likeness (QED) is 0.781. The van der Waals surface area contributed by atoms with E-state index in [1.807, 2.05) is 0 Å². The SMILES string of the molecule is CC(=O)N[C@@H]1[C@@H](NC(=O)c2ccc(=O)n(C)c2)[C@H]2CCO[C@H]21. The molecule has 1 aromatic heterocycles. The smallest absolute Gasteiger partial charge is 0.253 e. The highest BCUT2D eigenvalue weighted by Crippen LogP contribution is 2.39. The number of amides is 2. The highest BCUT2D eigenvalue weighted by Gasteiger charge is 2.54. The van der Waals surface area contributed by atoms with Gasteiger partial charge in [-0.3, -0.25) is 14.4 Å². The van der Waals surface area contributed by atoms with Gasteiger partial charge in [0, 0.05) is 38.8 Å². The van der Waals surface area contributed by atoms with E-state index >= 15 is 0 Å². The molecule has 1 aliphatic heterocycles. The maximum atomic E-state index is 12.4. The summed E-state index contributed by atoms with van der Waals surface area (Å²) in [5.74, 6) is -0.157. The fourth-order valence-electron chi connectivity index (χ4n) is 3.27. The Bertz CT molecular complexity index is 669. The summed E-state index contributed by atoms with van der Waals surface area (Å²) in [6.07, 6.45) is 2.36. The van der Waals surface area contributed by atoms with Crippen LogP contribution in [0.15, 0.2) is 23.1 Å². The fourth-order valence-corrected chi connectivity index (χ4v) is 3.27. The first-order chi connectivity index (χ1) is 10.5. The third-order valence-electron chi connectivity index (χ3n) is 4.40. The van der Waals surface area contributed by atoms with Crippen LogP contribution >= 0.6 is 0 Å².